The molecule has 3 rings (SSSR count). The van der Waals surface area contributed by atoms with E-state index in [4.69, 9.17) is 0 Å². The van der Waals surface area contributed by atoms with E-state index in [0.717, 1.165) is 27.7 Å². The first-order valence-corrected chi connectivity index (χ1v) is 7.85. The number of carbonyl (C=O) groups excluding carboxylic acids is 1. The van der Waals surface area contributed by atoms with Crippen LogP contribution in [-0.2, 0) is 20.5 Å². The molecule has 24 heavy (non-hydrogen) atoms. The molecule has 0 fully saturated rings. The molecule has 1 aliphatic heterocycles. The van der Waals surface area contributed by atoms with Crippen LogP contribution in [0.2, 0.25) is 0 Å². The minimum Gasteiger partial charge on any atom is -0.494 e. The van der Waals surface area contributed by atoms with E-state index in [9.17, 15) is 19.5 Å². The van der Waals surface area contributed by atoms with Gasteiger partial charge in [0, 0.05) is 26.1 Å². The van der Waals surface area contributed by atoms with Crippen molar-refractivity contribution < 1.29 is 15.2 Å². The SMILES string of the molecule is Cn1c(O)c(C(=O)C[C@@H]2[NH2+]CCc3ccccc32)c(=O)n(C)c1=O. The van der Waals surface area contributed by atoms with Gasteiger partial charge < -0.3 is 10.4 Å². The zero-order valence-corrected chi connectivity index (χ0v) is 13.7. The van der Waals surface area contributed by atoms with E-state index in [1.54, 1.807) is 0 Å². The lowest BCUT2D eigenvalue weighted by atomic mass is 9.90. The molecule has 126 valence electrons. The topological polar surface area (TPSA) is 97.9 Å². The van der Waals surface area contributed by atoms with E-state index in [0.29, 0.717) is 0 Å². The number of aromatic hydroxyl groups is 1. The highest BCUT2D eigenvalue weighted by molar-refractivity contribution is 5.98. The number of benzene rings is 1. The molecule has 0 amide bonds. The molecule has 2 heterocycles. The van der Waals surface area contributed by atoms with Crippen LogP contribution < -0.4 is 16.6 Å². The largest absolute Gasteiger partial charge is 0.494 e. The predicted molar refractivity (Wildman–Crippen MR) is 87.2 cm³/mol. The summed E-state index contributed by atoms with van der Waals surface area (Å²) in [6, 6.07) is 7.84. The van der Waals surface area contributed by atoms with Crippen LogP contribution in [0.15, 0.2) is 33.9 Å². The molecular weight excluding hydrogens is 310 g/mol. The fourth-order valence-corrected chi connectivity index (χ4v) is 3.26. The predicted octanol–water partition coefficient (Wildman–Crippen LogP) is -0.777. The van der Waals surface area contributed by atoms with Crippen molar-refractivity contribution in [1.82, 2.24) is 9.13 Å². The van der Waals surface area contributed by atoms with E-state index in [2.05, 4.69) is 5.32 Å². The second kappa shape index (κ2) is 6.09. The van der Waals surface area contributed by atoms with Gasteiger partial charge in [-0.1, -0.05) is 24.3 Å². The molecular formula is C17H20N3O4+. The number of Topliss-reactive ketones (excluding diaryl/α,β-unsaturated/α-hetero) is 1. The Bertz CT molecular complexity index is 926. The van der Waals surface area contributed by atoms with Gasteiger partial charge in [-0.15, -0.1) is 0 Å². The molecule has 1 aromatic carbocycles. The van der Waals surface area contributed by atoms with Crippen molar-refractivity contribution in [2.45, 2.75) is 18.9 Å². The number of fused-ring (bicyclic) bond motifs is 1. The van der Waals surface area contributed by atoms with Gasteiger partial charge in [-0.05, 0) is 5.56 Å². The highest BCUT2D eigenvalue weighted by Crippen LogP contribution is 2.23. The maximum absolute atomic E-state index is 12.7. The molecule has 0 unspecified atom stereocenters. The average molecular weight is 330 g/mol. The summed E-state index contributed by atoms with van der Waals surface area (Å²) in [4.78, 5) is 36.7. The minimum absolute atomic E-state index is 0.0937. The van der Waals surface area contributed by atoms with Crippen molar-refractivity contribution in [1.29, 1.82) is 0 Å². The Morgan fingerprint density at radius 3 is 2.71 bits per heavy atom. The monoisotopic (exact) mass is 330 g/mol. The fraction of sp³-hybridized carbons (Fsp3) is 0.353. The number of ketones is 1. The summed E-state index contributed by atoms with van der Waals surface area (Å²) < 4.78 is 1.75. The maximum Gasteiger partial charge on any atom is 0.333 e. The molecule has 0 bridgehead atoms. The second-order valence-electron chi connectivity index (χ2n) is 6.11. The van der Waals surface area contributed by atoms with Crippen LogP contribution in [-0.4, -0.2) is 26.6 Å². The summed E-state index contributed by atoms with van der Waals surface area (Å²) in [5.74, 6) is -1.03. The Labute approximate surface area is 138 Å². The Morgan fingerprint density at radius 2 is 1.96 bits per heavy atom. The highest BCUT2D eigenvalue weighted by atomic mass is 16.3. The molecule has 1 atom stereocenters. The van der Waals surface area contributed by atoms with Gasteiger partial charge in [0.15, 0.2) is 5.78 Å². The lowest BCUT2D eigenvalue weighted by Gasteiger charge is -2.23. The van der Waals surface area contributed by atoms with E-state index in [1.807, 2.05) is 24.3 Å². The summed E-state index contributed by atoms with van der Waals surface area (Å²) in [7, 11) is 2.62. The molecule has 7 heteroatoms. The Balaban J connectivity index is 1.98. The Kier molecular flexibility index (Phi) is 4.11. The van der Waals surface area contributed by atoms with Crippen LogP contribution in [0.25, 0.3) is 0 Å². The van der Waals surface area contributed by atoms with E-state index in [1.165, 1.54) is 19.7 Å². The van der Waals surface area contributed by atoms with Crippen LogP contribution in [0.1, 0.15) is 33.9 Å². The average Bonchev–Trinajstić information content (AvgIpc) is 2.59. The summed E-state index contributed by atoms with van der Waals surface area (Å²) in [6.07, 6.45) is 1.03. The molecule has 7 nitrogen and oxygen atoms in total. The minimum atomic E-state index is -0.760. The molecule has 2 aromatic rings. The third-order valence-corrected chi connectivity index (χ3v) is 4.64. The smallest absolute Gasteiger partial charge is 0.333 e. The lowest BCUT2D eigenvalue weighted by molar-refractivity contribution is -0.697. The number of nitrogens with two attached hydrogens (primary N) is 1. The second-order valence-corrected chi connectivity index (χ2v) is 6.11. The molecule has 0 aliphatic carbocycles. The van der Waals surface area contributed by atoms with Gasteiger partial charge in [0.2, 0.25) is 5.88 Å². The summed E-state index contributed by atoms with van der Waals surface area (Å²) >= 11 is 0. The number of quaternary nitrogens is 1. The van der Waals surface area contributed by atoms with Crippen molar-refractivity contribution in [2.24, 2.45) is 14.1 Å². The third-order valence-electron chi connectivity index (χ3n) is 4.64. The van der Waals surface area contributed by atoms with Gasteiger partial charge in [0.1, 0.15) is 11.6 Å². The van der Waals surface area contributed by atoms with Crippen molar-refractivity contribution in [3.05, 3.63) is 61.8 Å². The molecule has 0 saturated carbocycles. The third kappa shape index (κ3) is 2.56. The Hall–Kier alpha value is -2.67. The number of hydrogen-bond donors (Lipinski definition) is 2. The zero-order valence-electron chi connectivity index (χ0n) is 13.7. The van der Waals surface area contributed by atoms with Crippen molar-refractivity contribution >= 4 is 5.78 Å². The molecule has 3 N–H and O–H groups in total. The van der Waals surface area contributed by atoms with Gasteiger partial charge in [0.05, 0.1) is 13.0 Å². The van der Waals surface area contributed by atoms with Gasteiger partial charge in [-0.2, -0.15) is 0 Å². The quantitative estimate of drug-likeness (QED) is 0.722. The van der Waals surface area contributed by atoms with Crippen LogP contribution >= 0.6 is 0 Å². The Morgan fingerprint density at radius 1 is 1.25 bits per heavy atom. The zero-order chi connectivity index (χ0) is 17.4. The maximum atomic E-state index is 12.7. The fourth-order valence-electron chi connectivity index (χ4n) is 3.26. The van der Waals surface area contributed by atoms with Crippen LogP contribution in [0, 0.1) is 0 Å². The van der Waals surface area contributed by atoms with Gasteiger partial charge >= 0.3 is 5.69 Å². The lowest BCUT2D eigenvalue weighted by Crippen LogP contribution is -2.87. The number of rotatable bonds is 3. The standard InChI is InChI=1S/C17H19N3O4/c1-19-15(22)14(16(23)20(2)17(19)24)13(21)9-12-11-6-4-3-5-10(11)7-8-18-12/h3-6,12,18,22H,7-9H2,1-2H3/p+1/t12-/m0/s1. The van der Waals surface area contributed by atoms with Gasteiger partial charge in [-0.3, -0.25) is 18.7 Å². The van der Waals surface area contributed by atoms with Gasteiger partial charge in [0.25, 0.3) is 5.56 Å². The summed E-state index contributed by atoms with van der Waals surface area (Å²) in [5, 5.41) is 12.2. The van der Waals surface area contributed by atoms with Crippen molar-refractivity contribution in [3.63, 3.8) is 0 Å². The molecule has 1 aliphatic rings. The molecule has 0 saturated heterocycles. The molecule has 0 spiro atoms. The number of aromatic nitrogens is 2. The number of nitrogens with zero attached hydrogens (tertiary/aromatic N) is 2. The highest BCUT2D eigenvalue weighted by Gasteiger charge is 2.29. The molecule has 0 radical (unpaired) electrons. The number of hydrogen-bond acceptors (Lipinski definition) is 4. The van der Waals surface area contributed by atoms with Gasteiger partial charge in [-0.25, -0.2) is 4.79 Å². The van der Waals surface area contributed by atoms with E-state index >= 15 is 0 Å². The first-order chi connectivity index (χ1) is 11.4. The van der Waals surface area contributed by atoms with E-state index < -0.39 is 22.9 Å². The summed E-state index contributed by atoms with van der Waals surface area (Å²) in [6.45, 7) is 0.867. The number of carbonyl (C=O) groups is 1. The van der Waals surface area contributed by atoms with E-state index in [-0.39, 0.29) is 18.0 Å². The van der Waals surface area contributed by atoms with Crippen LogP contribution in [0.4, 0.5) is 0 Å². The van der Waals surface area contributed by atoms with Crippen LogP contribution in [0.5, 0.6) is 5.88 Å². The van der Waals surface area contributed by atoms with Crippen molar-refractivity contribution in [3.8, 4) is 5.88 Å². The molecule has 1 aromatic heterocycles. The summed E-state index contributed by atoms with van der Waals surface area (Å²) in [5.41, 5.74) is 0.540. The first-order valence-electron chi connectivity index (χ1n) is 7.85. The normalized spacial score (nSPS) is 16.7. The van der Waals surface area contributed by atoms with Crippen molar-refractivity contribution in [2.75, 3.05) is 6.54 Å². The van der Waals surface area contributed by atoms with Crippen LogP contribution in [0.3, 0.4) is 0 Å². The first kappa shape index (κ1) is 16.2.